The maximum absolute atomic E-state index is 4.62. The minimum absolute atomic E-state index is 0.806. The Morgan fingerprint density at radius 2 is 1.33 bits per heavy atom. The molecule has 0 atom stereocenters. The monoisotopic (exact) mass is 367 g/mol. The molecule has 5 nitrogen and oxygen atoms in total. The Kier molecular flexibility index (Phi) is 3.00. The van der Waals surface area contributed by atoms with Crippen LogP contribution >= 0.6 is 31.9 Å². The Bertz CT molecular complexity index is 606. The van der Waals surface area contributed by atoms with Gasteiger partial charge in [-0.2, -0.15) is 10.2 Å². The van der Waals surface area contributed by atoms with Gasteiger partial charge in [-0.25, -0.2) is 4.98 Å². The number of hydrogen-bond acceptors (Lipinski definition) is 3. The van der Waals surface area contributed by atoms with Gasteiger partial charge in [0, 0.05) is 21.3 Å². The van der Waals surface area contributed by atoms with Gasteiger partial charge < -0.3 is 0 Å². The molecule has 0 bridgehead atoms. The number of rotatable bonds is 2. The Morgan fingerprint density at radius 3 is 1.72 bits per heavy atom. The van der Waals surface area contributed by atoms with Crippen molar-refractivity contribution in [3.63, 3.8) is 0 Å². The van der Waals surface area contributed by atoms with E-state index in [2.05, 4.69) is 57.2 Å². The van der Waals surface area contributed by atoms with E-state index in [-0.39, 0.29) is 0 Å². The van der Waals surface area contributed by atoms with Gasteiger partial charge in [0.25, 0.3) is 0 Å². The lowest BCUT2D eigenvalue weighted by atomic mass is 10.2. The van der Waals surface area contributed by atoms with Gasteiger partial charge in [-0.1, -0.05) is 0 Å². The van der Waals surface area contributed by atoms with Crippen molar-refractivity contribution in [1.29, 1.82) is 0 Å². The molecule has 2 N–H and O–H groups in total. The lowest BCUT2D eigenvalue weighted by Gasteiger charge is -2.06. The van der Waals surface area contributed by atoms with Crippen molar-refractivity contribution in [2.45, 2.75) is 0 Å². The Balaban J connectivity index is 2.20. The molecule has 0 unspecified atom stereocenters. The highest BCUT2D eigenvalue weighted by Gasteiger charge is 2.13. The summed E-state index contributed by atoms with van der Waals surface area (Å²) in [5, 5.41) is 13.7. The average Bonchev–Trinajstić information content (AvgIpc) is 3.01. The molecular formula is C11H7Br2N5. The summed E-state index contributed by atoms with van der Waals surface area (Å²) in [7, 11) is 0. The molecule has 3 heterocycles. The van der Waals surface area contributed by atoms with Gasteiger partial charge in [-0.05, 0) is 50.1 Å². The predicted molar refractivity (Wildman–Crippen MR) is 74.8 cm³/mol. The first-order valence-corrected chi connectivity index (χ1v) is 6.70. The van der Waals surface area contributed by atoms with Crippen LogP contribution in [0.4, 0.5) is 0 Å². The molecule has 3 aromatic rings. The van der Waals surface area contributed by atoms with Crippen LogP contribution in [0.15, 0.2) is 39.5 Å². The summed E-state index contributed by atoms with van der Waals surface area (Å²) in [6, 6.07) is 5.70. The summed E-state index contributed by atoms with van der Waals surface area (Å²) in [5.74, 6) is 0. The van der Waals surface area contributed by atoms with Crippen molar-refractivity contribution in [1.82, 2.24) is 25.4 Å². The zero-order valence-corrected chi connectivity index (χ0v) is 12.2. The Hall–Kier alpha value is -1.47. The number of pyridine rings is 1. The van der Waals surface area contributed by atoms with E-state index in [1.807, 2.05) is 18.2 Å². The van der Waals surface area contributed by atoms with Gasteiger partial charge in [0.15, 0.2) is 0 Å². The molecule has 0 fully saturated rings. The number of nitrogens with zero attached hydrogens (tertiary/aromatic N) is 3. The number of halogens is 2. The summed E-state index contributed by atoms with van der Waals surface area (Å²) in [6.45, 7) is 0. The second kappa shape index (κ2) is 4.66. The third-order valence-corrected chi connectivity index (χ3v) is 3.65. The van der Waals surface area contributed by atoms with Gasteiger partial charge in [-0.3, -0.25) is 10.2 Å². The molecule has 0 aliphatic carbocycles. The zero-order chi connectivity index (χ0) is 12.5. The standard InChI is InChI=1S/C11H7Br2N5/c12-6-5-7(13)11(9-2-4-15-18-9)16-10(6)8-1-3-14-17-8/h1-5H,(H,14,17)(H,15,18). The van der Waals surface area contributed by atoms with Crippen LogP contribution in [0.2, 0.25) is 0 Å². The molecule has 0 saturated carbocycles. The highest BCUT2D eigenvalue weighted by Crippen LogP contribution is 2.33. The second-order valence-corrected chi connectivity index (χ2v) is 5.30. The van der Waals surface area contributed by atoms with Gasteiger partial charge in [-0.15, -0.1) is 0 Å². The van der Waals surface area contributed by atoms with Crippen molar-refractivity contribution in [3.8, 4) is 22.8 Å². The van der Waals surface area contributed by atoms with E-state index in [4.69, 9.17) is 0 Å². The van der Waals surface area contributed by atoms with Gasteiger partial charge in [0.1, 0.15) is 11.4 Å². The molecule has 0 aliphatic rings. The van der Waals surface area contributed by atoms with Crippen LogP contribution in [-0.2, 0) is 0 Å². The summed E-state index contributed by atoms with van der Waals surface area (Å²) < 4.78 is 1.78. The van der Waals surface area contributed by atoms with Crippen molar-refractivity contribution in [3.05, 3.63) is 39.5 Å². The van der Waals surface area contributed by atoms with Crippen molar-refractivity contribution < 1.29 is 0 Å². The summed E-state index contributed by atoms with van der Waals surface area (Å²) in [4.78, 5) is 4.62. The molecule has 3 rings (SSSR count). The first kappa shape index (κ1) is 11.6. The third kappa shape index (κ3) is 1.99. The van der Waals surface area contributed by atoms with E-state index in [0.717, 1.165) is 31.7 Å². The summed E-state index contributed by atoms with van der Waals surface area (Å²) >= 11 is 7.00. The van der Waals surface area contributed by atoms with E-state index < -0.39 is 0 Å². The average molecular weight is 369 g/mol. The molecule has 0 amide bonds. The van der Waals surface area contributed by atoms with E-state index in [1.165, 1.54) is 0 Å². The van der Waals surface area contributed by atoms with Crippen LogP contribution in [0.25, 0.3) is 22.8 Å². The fraction of sp³-hybridized carbons (Fsp3) is 0. The second-order valence-electron chi connectivity index (χ2n) is 3.59. The third-order valence-electron chi connectivity index (χ3n) is 2.44. The van der Waals surface area contributed by atoms with Crippen LogP contribution in [0.1, 0.15) is 0 Å². The quantitative estimate of drug-likeness (QED) is 0.728. The normalized spacial score (nSPS) is 10.8. The maximum atomic E-state index is 4.62. The predicted octanol–water partition coefficient (Wildman–Crippen LogP) is 3.39. The maximum Gasteiger partial charge on any atom is 0.103 e. The largest absolute Gasteiger partial charge is 0.276 e. The Morgan fingerprint density at radius 1 is 0.833 bits per heavy atom. The minimum atomic E-state index is 0.806. The first-order chi connectivity index (χ1) is 8.75. The van der Waals surface area contributed by atoms with Gasteiger partial charge in [0.2, 0.25) is 0 Å². The number of nitrogens with one attached hydrogen (secondary N) is 2. The molecule has 0 radical (unpaired) electrons. The van der Waals surface area contributed by atoms with Crippen LogP contribution in [-0.4, -0.2) is 25.4 Å². The number of H-pyrrole nitrogens is 2. The zero-order valence-electron chi connectivity index (χ0n) is 8.98. The van der Waals surface area contributed by atoms with Crippen LogP contribution in [0.5, 0.6) is 0 Å². The smallest absolute Gasteiger partial charge is 0.103 e. The van der Waals surface area contributed by atoms with Crippen LogP contribution in [0, 0.1) is 0 Å². The summed E-state index contributed by atoms with van der Waals surface area (Å²) in [6.07, 6.45) is 3.39. The lowest BCUT2D eigenvalue weighted by molar-refractivity contribution is 1.07. The van der Waals surface area contributed by atoms with Gasteiger partial charge >= 0.3 is 0 Å². The van der Waals surface area contributed by atoms with E-state index in [1.54, 1.807) is 12.4 Å². The molecular weight excluding hydrogens is 362 g/mol. The Labute approximate surface area is 119 Å². The van der Waals surface area contributed by atoms with Crippen molar-refractivity contribution >= 4 is 31.9 Å². The topological polar surface area (TPSA) is 70.2 Å². The van der Waals surface area contributed by atoms with Gasteiger partial charge in [0.05, 0.1) is 11.4 Å². The molecule has 3 aromatic heterocycles. The SMILES string of the molecule is Brc1cc(Br)c(-c2ccn[nH]2)nc1-c1ccn[nH]1. The van der Waals surface area contributed by atoms with E-state index >= 15 is 0 Å². The molecule has 0 saturated heterocycles. The molecule has 0 aromatic carbocycles. The molecule has 0 spiro atoms. The molecule has 0 aliphatic heterocycles. The highest BCUT2D eigenvalue weighted by molar-refractivity contribution is 9.11. The molecule has 18 heavy (non-hydrogen) atoms. The lowest BCUT2D eigenvalue weighted by Crippen LogP contribution is -1.92. The van der Waals surface area contributed by atoms with Crippen LogP contribution < -0.4 is 0 Å². The first-order valence-electron chi connectivity index (χ1n) is 5.11. The minimum Gasteiger partial charge on any atom is -0.276 e. The fourth-order valence-corrected chi connectivity index (χ4v) is 2.99. The highest BCUT2D eigenvalue weighted by atomic mass is 79.9. The fourth-order valence-electron chi connectivity index (χ4n) is 1.62. The summed E-state index contributed by atoms with van der Waals surface area (Å²) in [5.41, 5.74) is 3.32. The van der Waals surface area contributed by atoms with Crippen molar-refractivity contribution in [2.75, 3.05) is 0 Å². The van der Waals surface area contributed by atoms with Crippen molar-refractivity contribution in [2.24, 2.45) is 0 Å². The van der Waals surface area contributed by atoms with E-state index in [9.17, 15) is 0 Å². The number of aromatic amines is 2. The number of hydrogen-bond donors (Lipinski definition) is 2. The molecule has 90 valence electrons. The van der Waals surface area contributed by atoms with Crippen LogP contribution in [0.3, 0.4) is 0 Å². The number of aromatic nitrogens is 5. The molecule has 7 heteroatoms. The van der Waals surface area contributed by atoms with E-state index in [0.29, 0.717) is 0 Å².